The van der Waals surface area contributed by atoms with Crippen LogP contribution in [0.4, 0.5) is 0 Å². The molecule has 0 radical (unpaired) electrons. The summed E-state index contributed by atoms with van der Waals surface area (Å²) in [4.78, 5) is 34.2. The maximum absolute atomic E-state index is 13.2. The van der Waals surface area contributed by atoms with E-state index in [1.807, 2.05) is 41.3 Å². The summed E-state index contributed by atoms with van der Waals surface area (Å²) in [6.45, 7) is 5.99. The van der Waals surface area contributed by atoms with Gasteiger partial charge in [-0.05, 0) is 81.4 Å². The number of carbonyl (C=O) groups is 2. The van der Waals surface area contributed by atoms with Gasteiger partial charge in [-0.25, -0.2) is 0 Å². The first-order valence-corrected chi connectivity index (χ1v) is 12.5. The minimum Gasteiger partial charge on any atom is -0.338 e. The molecule has 164 valence electrons. The molecular formula is C25H31N3O2S. The monoisotopic (exact) mass is 437 g/mol. The van der Waals surface area contributed by atoms with Crippen LogP contribution in [0.1, 0.15) is 58.6 Å². The third-order valence-corrected chi connectivity index (χ3v) is 8.05. The lowest BCUT2D eigenvalue weighted by molar-refractivity contribution is 0.0708. The fourth-order valence-corrected chi connectivity index (χ4v) is 6.16. The molecule has 4 heterocycles. The molecule has 3 fully saturated rings. The minimum atomic E-state index is 0.152. The van der Waals surface area contributed by atoms with Crippen LogP contribution in [0.2, 0.25) is 0 Å². The Morgan fingerprint density at radius 3 is 2.26 bits per heavy atom. The molecular weight excluding hydrogens is 406 g/mol. The molecule has 5 rings (SSSR count). The number of benzene rings is 1. The van der Waals surface area contributed by atoms with Crippen molar-refractivity contribution < 1.29 is 9.59 Å². The Hall–Kier alpha value is -2.18. The van der Waals surface area contributed by atoms with Gasteiger partial charge in [0.05, 0.1) is 4.88 Å². The first-order valence-electron chi connectivity index (χ1n) is 11.7. The molecule has 0 spiro atoms. The van der Waals surface area contributed by atoms with E-state index in [1.165, 1.54) is 25.9 Å². The standard InChI is InChI=1S/C25H31N3O2S/c29-24(28-17-5-6-21(28)18-26-13-1-2-14-26)20-9-7-19(8-10-20)22-11-12-23(31-22)25(30)27-15-3-4-16-27/h7-12,21H,1-6,13-18H2/t21-/m0/s1. The van der Waals surface area contributed by atoms with Crippen molar-refractivity contribution >= 4 is 23.2 Å². The number of nitrogens with zero attached hydrogens (tertiary/aromatic N) is 3. The lowest BCUT2D eigenvalue weighted by Crippen LogP contribution is -2.42. The molecule has 3 aliphatic heterocycles. The number of amides is 2. The molecule has 3 saturated heterocycles. The first kappa shape index (κ1) is 20.7. The second-order valence-corrected chi connectivity index (χ2v) is 10.1. The van der Waals surface area contributed by atoms with Crippen LogP contribution in [0.15, 0.2) is 36.4 Å². The first-order chi connectivity index (χ1) is 15.2. The highest BCUT2D eigenvalue weighted by Gasteiger charge is 2.31. The van der Waals surface area contributed by atoms with Crippen molar-refractivity contribution in [3.05, 3.63) is 46.8 Å². The maximum Gasteiger partial charge on any atom is 0.263 e. The summed E-state index contributed by atoms with van der Waals surface area (Å²) in [5.41, 5.74) is 1.83. The van der Waals surface area contributed by atoms with E-state index in [9.17, 15) is 9.59 Å². The number of hydrogen-bond acceptors (Lipinski definition) is 4. The lowest BCUT2D eigenvalue weighted by atomic mass is 10.1. The molecule has 1 aromatic heterocycles. The van der Waals surface area contributed by atoms with Crippen LogP contribution < -0.4 is 0 Å². The summed E-state index contributed by atoms with van der Waals surface area (Å²) >= 11 is 1.55. The smallest absolute Gasteiger partial charge is 0.263 e. The molecule has 1 atom stereocenters. The number of hydrogen-bond donors (Lipinski definition) is 0. The largest absolute Gasteiger partial charge is 0.338 e. The van der Waals surface area contributed by atoms with Crippen molar-refractivity contribution in [2.45, 2.75) is 44.6 Å². The van der Waals surface area contributed by atoms with Gasteiger partial charge in [0.15, 0.2) is 0 Å². The minimum absolute atomic E-state index is 0.152. The molecule has 0 bridgehead atoms. The second-order valence-electron chi connectivity index (χ2n) is 9.04. The van der Waals surface area contributed by atoms with Crippen LogP contribution in [0, 0.1) is 0 Å². The molecule has 0 N–H and O–H groups in total. The molecule has 1 aromatic carbocycles. The average Bonchev–Trinajstić information content (AvgIpc) is 3.61. The normalized spacial score (nSPS) is 21.9. The zero-order valence-corrected chi connectivity index (χ0v) is 18.9. The Labute approximate surface area is 188 Å². The van der Waals surface area contributed by atoms with Crippen LogP contribution in [0.25, 0.3) is 10.4 Å². The third kappa shape index (κ3) is 4.41. The fourth-order valence-electron chi connectivity index (χ4n) is 5.18. The van der Waals surface area contributed by atoms with Gasteiger partial charge in [-0.3, -0.25) is 9.59 Å². The van der Waals surface area contributed by atoms with Crippen molar-refractivity contribution in [2.24, 2.45) is 0 Å². The maximum atomic E-state index is 13.2. The molecule has 2 amide bonds. The summed E-state index contributed by atoms with van der Waals surface area (Å²) in [6, 6.07) is 12.3. The Balaban J connectivity index is 1.25. The number of likely N-dealkylation sites (tertiary alicyclic amines) is 3. The van der Waals surface area contributed by atoms with E-state index in [0.29, 0.717) is 6.04 Å². The molecule has 0 unspecified atom stereocenters. The van der Waals surface area contributed by atoms with Gasteiger partial charge < -0.3 is 14.7 Å². The van der Waals surface area contributed by atoms with E-state index in [-0.39, 0.29) is 11.8 Å². The van der Waals surface area contributed by atoms with Gasteiger partial charge in [0.1, 0.15) is 0 Å². The summed E-state index contributed by atoms with van der Waals surface area (Å²) in [7, 11) is 0. The van der Waals surface area contributed by atoms with Crippen LogP contribution in [-0.2, 0) is 0 Å². The van der Waals surface area contributed by atoms with E-state index in [2.05, 4.69) is 9.80 Å². The highest BCUT2D eigenvalue weighted by Crippen LogP contribution is 2.30. The lowest BCUT2D eigenvalue weighted by Gasteiger charge is -2.28. The van der Waals surface area contributed by atoms with Crippen LogP contribution >= 0.6 is 11.3 Å². The van der Waals surface area contributed by atoms with Crippen LogP contribution in [0.5, 0.6) is 0 Å². The summed E-state index contributed by atoms with van der Waals surface area (Å²) < 4.78 is 0. The average molecular weight is 438 g/mol. The van der Waals surface area contributed by atoms with E-state index < -0.39 is 0 Å². The van der Waals surface area contributed by atoms with Gasteiger partial charge in [0.25, 0.3) is 11.8 Å². The van der Waals surface area contributed by atoms with Gasteiger partial charge in [0.2, 0.25) is 0 Å². The van der Waals surface area contributed by atoms with Crippen molar-refractivity contribution in [3.8, 4) is 10.4 Å². The quantitative estimate of drug-likeness (QED) is 0.698. The highest BCUT2D eigenvalue weighted by molar-refractivity contribution is 7.17. The summed E-state index contributed by atoms with van der Waals surface area (Å²) in [5.74, 6) is 0.308. The van der Waals surface area contributed by atoms with E-state index in [0.717, 1.165) is 72.7 Å². The predicted octanol–water partition coefficient (Wildman–Crippen LogP) is 4.35. The van der Waals surface area contributed by atoms with Crippen LogP contribution in [0.3, 0.4) is 0 Å². The SMILES string of the molecule is O=C(c1ccc(-c2ccc(C(=O)N3CCC[C@H]3CN3CCCC3)cc2)s1)N1CCCC1. The van der Waals surface area contributed by atoms with Gasteiger partial charge in [0, 0.05) is 42.7 Å². The third-order valence-electron chi connectivity index (χ3n) is 6.93. The Bertz CT molecular complexity index is 926. The van der Waals surface area contributed by atoms with E-state index in [1.54, 1.807) is 11.3 Å². The molecule has 5 nitrogen and oxygen atoms in total. The van der Waals surface area contributed by atoms with Gasteiger partial charge in [-0.15, -0.1) is 11.3 Å². The second kappa shape index (κ2) is 9.13. The van der Waals surface area contributed by atoms with Gasteiger partial charge in [-0.2, -0.15) is 0 Å². The fraction of sp³-hybridized carbons (Fsp3) is 0.520. The van der Waals surface area contributed by atoms with E-state index >= 15 is 0 Å². The molecule has 6 heteroatoms. The molecule has 3 aliphatic rings. The molecule has 0 aliphatic carbocycles. The molecule has 0 saturated carbocycles. The van der Waals surface area contributed by atoms with Gasteiger partial charge >= 0.3 is 0 Å². The number of thiophene rings is 1. The topological polar surface area (TPSA) is 43.9 Å². The van der Waals surface area contributed by atoms with Crippen molar-refractivity contribution in [1.29, 1.82) is 0 Å². The zero-order chi connectivity index (χ0) is 21.2. The summed E-state index contributed by atoms with van der Waals surface area (Å²) in [5, 5.41) is 0. The van der Waals surface area contributed by atoms with Crippen LogP contribution in [-0.4, -0.2) is 71.8 Å². The van der Waals surface area contributed by atoms with Crippen molar-refractivity contribution in [1.82, 2.24) is 14.7 Å². The Kier molecular flexibility index (Phi) is 6.10. The Morgan fingerprint density at radius 2 is 1.52 bits per heavy atom. The van der Waals surface area contributed by atoms with E-state index in [4.69, 9.17) is 0 Å². The Morgan fingerprint density at radius 1 is 0.806 bits per heavy atom. The zero-order valence-electron chi connectivity index (χ0n) is 18.1. The summed E-state index contributed by atoms with van der Waals surface area (Å²) in [6.07, 6.45) is 7.01. The number of rotatable bonds is 5. The molecule has 31 heavy (non-hydrogen) atoms. The van der Waals surface area contributed by atoms with Crippen molar-refractivity contribution in [3.63, 3.8) is 0 Å². The van der Waals surface area contributed by atoms with Gasteiger partial charge in [-0.1, -0.05) is 12.1 Å². The number of carbonyl (C=O) groups excluding carboxylic acids is 2. The van der Waals surface area contributed by atoms with Crippen molar-refractivity contribution in [2.75, 3.05) is 39.3 Å². The highest BCUT2D eigenvalue weighted by atomic mass is 32.1. The predicted molar refractivity (Wildman–Crippen MR) is 125 cm³/mol. The molecule has 2 aromatic rings.